The largest absolute Gasteiger partial charge is 0.493 e. The fourth-order valence-corrected chi connectivity index (χ4v) is 4.84. The molecule has 2 aliphatic carbocycles. The van der Waals surface area contributed by atoms with Crippen molar-refractivity contribution in [2.24, 2.45) is 22.4 Å². The number of hydrazone groups is 1. The van der Waals surface area contributed by atoms with E-state index in [0.29, 0.717) is 29.0 Å². The molecule has 158 valence electrons. The summed E-state index contributed by atoms with van der Waals surface area (Å²) in [4.78, 5) is 12.5. The lowest BCUT2D eigenvalue weighted by Gasteiger charge is -2.15. The molecule has 4 rings (SSSR count). The standard InChI is InChI=1S/C24H27ClN2O3/c1-24-12-4-3-5-19(24)22(24)23(28)27-26-14-17-8-11-20(21(13-17)29-2)30-15-16-6-9-18(25)10-7-16/h6-11,13-14,19,22H,3-5,12,15H2,1-2H3,(H,27,28)/b26-14-/t19-,22-,24+/m0/s1. The van der Waals surface area contributed by atoms with Crippen LogP contribution in [0.25, 0.3) is 0 Å². The number of fused-ring (bicyclic) bond motifs is 1. The Hall–Kier alpha value is -2.53. The van der Waals surface area contributed by atoms with Crippen molar-refractivity contribution in [2.45, 2.75) is 39.2 Å². The minimum Gasteiger partial charge on any atom is -0.493 e. The molecule has 2 fully saturated rings. The highest BCUT2D eigenvalue weighted by atomic mass is 35.5. The predicted octanol–water partition coefficient (Wildman–Crippen LogP) is 5.20. The van der Waals surface area contributed by atoms with Crippen LogP contribution in [-0.2, 0) is 11.4 Å². The van der Waals surface area contributed by atoms with Crippen molar-refractivity contribution in [2.75, 3.05) is 7.11 Å². The summed E-state index contributed by atoms with van der Waals surface area (Å²) < 4.78 is 11.3. The Bertz CT molecular complexity index is 944. The second-order valence-electron chi connectivity index (χ2n) is 8.40. The molecule has 2 aliphatic rings. The van der Waals surface area contributed by atoms with E-state index in [4.69, 9.17) is 21.1 Å². The lowest BCUT2D eigenvalue weighted by Crippen LogP contribution is -2.22. The first-order valence-electron chi connectivity index (χ1n) is 10.4. The molecule has 1 amide bonds. The van der Waals surface area contributed by atoms with Crippen LogP contribution in [0.1, 0.15) is 43.7 Å². The molecule has 1 N–H and O–H groups in total. The number of carbonyl (C=O) groups is 1. The van der Waals surface area contributed by atoms with E-state index in [0.717, 1.165) is 24.0 Å². The molecular weight excluding hydrogens is 400 g/mol. The van der Waals surface area contributed by atoms with Gasteiger partial charge in [-0.1, -0.05) is 43.5 Å². The van der Waals surface area contributed by atoms with E-state index < -0.39 is 0 Å². The highest BCUT2D eigenvalue weighted by Gasteiger charge is 2.64. The minimum atomic E-state index is 0.0375. The van der Waals surface area contributed by atoms with Crippen LogP contribution in [0.2, 0.25) is 5.02 Å². The van der Waals surface area contributed by atoms with Gasteiger partial charge in [-0.15, -0.1) is 0 Å². The summed E-state index contributed by atoms with van der Waals surface area (Å²) in [6, 6.07) is 13.1. The van der Waals surface area contributed by atoms with Gasteiger partial charge in [0.15, 0.2) is 11.5 Å². The number of carbonyl (C=O) groups excluding carboxylic acids is 1. The fourth-order valence-electron chi connectivity index (χ4n) is 4.72. The van der Waals surface area contributed by atoms with Gasteiger partial charge in [0, 0.05) is 10.9 Å². The zero-order chi connectivity index (χ0) is 21.1. The smallest absolute Gasteiger partial charge is 0.244 e. The molecule has 0 radical (unpaired) electrons. The Morgan fingerprint density at radius 3 is 2.73 bits per heavy atom. The average Bonchev–Trinajstić information content (AvgIpc) is 3.39. The molecule has 0 aromatic heterocycles. The van der Waals surface area contributed by atoms with Crippen molar-refractivity contribution < 1.29 is 14.3 Å². The SMILES string of the molecule is COc1cc(/C=N\NC(=O)[C@@H]2[C@@H]3CCCC[C@@]23C)ccc1OCc1ccc(Cl)cc1. The third-order valence-electron chi connectivity index (χ3n) is 6.50. The van der Waals surface area contributed by atoms with Gasteiger partial charge in [-0.05, 0) is 65.6 Å². The summed E-state index contributed by atoms with van der Waals surface area (Å²) in [6.07, 6.45) is 6.41. The summed E-state index contributed by atoms with van der Waals surface area (Å²) in [5.74, 6) is 1.92. The summed E-state index contributed by atoms with van der Waals surface area (Å²) >= 11 is 5.91. The van der Waals surface area contributed by atoms with Crippen LogP contribution in [-0.4, -0.2) is 19.2 Å². The van der Waals surface area contributed by atoms with Gasteiger partial charge in [-0.25, -0.2) is 5.43 Å². The van der Waals surface area contributed by atoms with E-state index in [2.05, 4.69) is 17.5 Å². The molecule has 6 heteroatoms. The third kappa shape index (κ3) is 4.31. The number of rotatable bonds is 7. The second kappa shape index (κ2) is 8.68. The molecule has 5 nitrogen and oxygen atoms in total. The van der Waals surface area contributed by atoms with Crippen LogP contribution in [0.15, 0.2) is 47.6 Å². The van der Waals surface area contributed by atoms with Crippen molar-refractivity contribution >= 4 is 23.7 Å². The Morgan fingerprint density at radius 1 is 1.23 bits per heavy atom. The topological polar surface area (TPSA) is 59.9 Å². The Labute approximate surface area is 182 Å². The molecule has 0 bridgehead atoms. The second-order valence-corrected chi connectivity index (χ2v) is 8.83. The maximum atomic E-state index is 12.5. The predicted molar refractivity (Wildman–Crippen MR) is 118 cm³/mol. The summed E-state index contributed by atoms with van der Waals surface area (Å²) in [6.45, 7) is 2.65. The molecule has 0 aliphatic heterocycles. The van der Waals surface area contributed by atoms with Crippen LogP contribution in [0.4, 0.5) is 0 Å². The molecule has 0 saturated heterocycles. The molecular formula is C24H27ClN2O3. The maximum Gasteiger partial charge on any atom is 0.244 e. The van der Waals surface area contributed by atoms with Crippen LogP contribution < -0.4 is 14.9 Å². The molecule has 0 heterocycles. The van der Waals surface area contributed by atoms with Gasteiger partial charge in [0.05, 0.1) is 13.3 Å². The first kappa shape index (κ1) is 20.7. The third-order valence-corrected chi connectivity index (χ3v) is 6.75. The zero-order valence-electron chi connectivity index (χ0n) is 17.4. The van der Waals surface area contributed by atoms with Gasteiger partial charge in [0.25, 0.3) is 0 Å². The number of benzene rings is 2. The van der Waals surface area contributed by atoms with Crippen molar-refractivity contribution in [1.82, 2.24) is 5.43 Å². The highest BCUT2D eigenvalue weighted by Crippen LogP contribution is 2.66. The van der Waals surface area contributed by atoms with Gasteiger partial charge in [-0.2, -0.15) is 5.10 Å². The number of nitrogens with one attached hydrogen (secondary N) is 1. The Kier molecular flexibility index (Phi) is 6.00. The minimum absolute atomic E-state index is 0.0375. The van der Waals surface area contributed by atoms with Crippen LogP contribution in [0.3, 0.4) is 0 Å². The van der Waals surface area contributed by atoms with E-state index in [1.54, 1.807) is 13.3 Å². The number of hydrogen-bond donors (Lipinski definition) is 1. The molecule has 2 saturated carbocycles. The van der Waals surface area contributed by atoms with Crippen LogP contribution >= 0.6 is 11.6 Å². The van der Waals surface area contributed by atoms with Gasteiger partial charge in [0.2, 0.25) is 5.91 Å². The van der Waals surface area contributed by atoms with Crippen molar-refractivity contribution in [3.8, 4) is 11.5 Å². The average molecular weight is 427 g/mol. The van der Waals surface area contributed by atoms with E-state index in [9.17, 15) is 4.79 Å². The number of amides is 1. The van der Waals surface area contributed by atoms with Crippen molar-refractivity contribution in [3.63, 3.8) is 0 Å². The van der Waals surface area contributed by atoms with Gasteiger partial charge in [-0.3, -0.25) is 4.79 Å². The fraction of sp³-hybridized carbons (Fsp3) is 0.417. The molecule has 0 spiro atoms. The van der Waals surface area contributed by atoms with Crippen molar-refractivity contribution in [1.29, 1.82) is 0 Å². The molecule has 2 aromatic carbocycles. The molecule has 3 atom stereocenters. The van der Waals surface area contributed by atoms with Gasteiger partial charge >= 0.3 is 0 Å². The van der Waals surface area contributed by atoms with Crippen molar-refractivity contribution in [3.05, 3.63) is 58.6 Å². The summed E-state index contributed by atoms with van der Waals surface area (Å²) in [5, 5.41) is 4.86. The number of methoxy groups -OCH3 is 1. The van der Waals surface area contributed by atoms with Gasteiger partial charge < -0.3 is 9.47 Å². The van der Waals surface area contributed by atoms with Crippen LogP contribution in [0.5, 0.6) is 11.5 Å². The van der Waals surface area contributed by atoms with Crippen LogP contribution in [0, 0.1) is 17.3 Å². The highest BCUT2D eigenvalue weighted by molar-refractivity contribution is 6.30. The van der Waals surface area contributed by atoms with E-state index >= 15 is 0 Å². The monoisotopic (exact) mass is 426 g/mol. The maximum absolute atomic E-state index is 12.5. The summed E-state index contributed by atoms with van der Waals surface area (Å²) in [5.41, 5.74) is 4.75. The first-order chi connectivity index (χ1) is 14.5. The first-order valence-corrected chi connectivity index (χ1v) is 10.8. The summed E-state index contributed by atoms with van der Waals surface area (Å²) in [7, 11) is 1.60. The van der Waals surface area contributed by atoms with E-state index in [1.807, 2.05) is 42.5 Å². The quantitative estimate of drug-likeness (QED) is 0.488. The molecule has 0 unspecified atom stereocenters. The van der Waals surface area contributed by atoms with E-state index in [1.165, 1.54) is 12.8 Å². The zero-order valence-corrected chi connectivity index (χ0v) is 18.1. The number of nitrogens with zero attached hydrogens (tertiary/aromatic N) is 1. The lowest BCUT2D eigenvalue weighted by atomic mass is 9.90. The normalized spacial score (nSPS) is 24.9. The number of hydrogen-bond acceptors (Lipinski definition) is 4. The molecule has 30 heavy (non-hydrogen) atoms. The Balaban J connectivity index is 1.34. The number of halogens is 1. The van der Waals surface area contributed by atoms with E-state index in [-0.39, 0.29) is 17.2 Å². The lowest BCUT2D eigenvalue weighted by molar-refractivity contribution is -0.123. The Morgan fingerprint density at radius 2 is 2.03 bits per heavy atom. The van der Waals surface area contributed by atoms with Gasteiger partial charge in [0.1, 0.15) is 6.61 Å². The molecule has 2 aromatic rings. The number of ether oxygens (including phenoxy) is 2.